The second-order valence-corrected chi connectivity index (χ2v) is 5.32. The molecule has 0 saturated carbocycles. The zero-order valence-corrected chi connectivity index (χ0v) is 10.9. The molecule has 0 aliphatic carbocycles. The Balaban J connectivity index is 1.74. The van der Waals surface area contributed by atoms with Crippen LogP contribution in [0.2, 0.25) is 0 Å². The van der Waals surface area contributed by atoms with Gasteiger partial charge in [0.25, 0.3) is 0 Å². The SMILES string of the molecule is C[C@@H]1CC(c2ccccc2)=NO[C@H]1N1CCCC1. The molecule has 0 spiro atoms. The summed E-state index contributed by atoms with van der Waals surface area (Å²) >= 11 is 0. The largest absolute Gasteiger partial charge is 0.376 e. The van der Waals surface area contributed by atoms with Gasteiger partial charge in [-0.25, -0.2) is 0 Å². The number of benzene rings is 1. The highest BCUT2D eigenvalue weighted by Crippen LogP contribution is 2.26. The molecule has 1 saturated heterocycles. The summed E-state index contributed by atoms with van der Waals surface area (Å²) in [6.45, 7) is 4.58. The molecule has 1 aromatic rings. The van der Waals surface area contributed by atoms with Crippen LogP contribution in [0.3, 0.4) is 0 Å². The molecule has 3 nitrogen and oxygen atoms in total. The molecule has 0 N–H and O–H groups in total. The van der Waals surface area contributed by atoms with Crippen molar-refractivity contribution in [1.29, 1.82) is 0 Å². The summed E-state index contributed by atoms with van der Waals surface area (Å²) in [4.78, 5) is 8.18. The maximum absolute atomic E-state index is 5.76. The number of likely N-dealkylation sites (tertiary alicyclic amines) is 1. The zero-order valence-electron chi connectivity index (χ0n) is 10.9. The van der Waals surface area contributed by atoms with E-state index < -0.39 is 0 Å². The first-order valence-electron chi connectivity index (χ1n) is 6.87. The van der Waals surface area contributed by atoms with E-state index in [0.29, 0.717) is 5.92 Å². The number of oxime groups is 1. The first-order valence-corrected chi connectivity index (χ1v) is 6.87. The van der Waals surface area contributed by atoms with Gasteiger partial charge in [-0.15, -0.1) is 0 Å². The van der Waals surface area contributed by atoms with Gasteiger partial charge in [0, 0.05) is 25.4 Å². The summed E-state index contributed by atoms with van der Waals surface area (Å²) in [5.41, 5.74) is 2.27. The molecule has 0 amide bonds. The summed E-state index contributed by atoms with van der Waals surface area (Å²) in [5, 5.41) is 4.35. The van der Waals surface area contributed by atoms with Crippen LogP contribution in [-0.2, 0) is 4.84 Å². The Hall–Kier alpha value is -1.35. The summed E-state index contributed by atoms with van der Waals surface area (Å²) in [5.74, 6) is 0.510. The lowest BCUT2D eigenvalue weighted by Crippen LogP contribution is -2.42. The molecule has 2 heterocycles. The number of hydrogen-bond donors (Lipinski definition) is 0. The third-order valence-corrected chi connectivity index (χ3v) is 3.88. The third kappa shape index (κ3) is 2.27. The third-order valence-electron chi connectivity index (χ3n) is 3.88. The van der Waals surface area contributed by atoms with Crippen LogP contribution in [-0.4, -0.2) is 29.9 Å². The average molecular weight is 244 g/mol. The Morgan fingerprint density at radius 3 is 2.56 bits per heavy atom. The van der Waals surface area contributed by atoms with Crippen molar-refractivity contribution < 1.29 is 4.84 Å². The van der Waals surface area contributed by atoms with Gasteiger partial charge in [0.1, 0.15) is 0 Å². The van der Waals surface area contributed by atoms with Crippen molar-refractivity contribution >= 4 is 5.71 Å². The van der Waals surface area contributed by atoms with Crippen LogP contribution < -0.4 is 0 Å². The zero-order chi connectivity index (χ0) is 12.4. The molecule has 2 atom stereocenters. The molecule has 3 rings (SSSR count). The Kier molecular flexibility index (Phi) is 3.33. The normalized spacial score (nSPS) is 28.8. The molecule has 1 aromatic carbocycles. The van der Waals surface area contributed by atoms with Crippen LogP contribution in [0.15, 0.2) is 35.5 Å². The molecule has 2 aliphatic rings. The summed E-state index contributed by atoms with van der Waals surface area (Å²) in [6, 6.07) is 10.3. The van der Waals surface area contributed by atoms with E-state index in [1.165, 1.54) is 18.4 Å². The predicted octanol–water partition coefficient (Wildman–Crippen LogP) is 2.87. The standard InChI is InChI=1S/C15H20N2O/c1-12-11-14(13-7-3-2-4-8-13)16-18-15(12)17-9-5-6-10-17/h2-4,7-8,12,15H,5-6,9-11H2,1H3/t12-,15-/m1/s1. The lowest BCUT2D eigenvalue weighted by atomic mass is 9.96. The fourth-order valence-electron chi connectivity index (χ4n) is 2.89. The van der Waals surface area contributed by atoms with Crippen LogP contribution >= 0.6 is 0 Å². The Morgan fingerprint density at radius 1 is 1.17 bits per heavy atom. The molecule has 3 heteroatoms. The molecule has 96 valence electrons. The van der Waals surface area contributed by atoms with Gasteiger partial charge in [-0.3, -0.25) is 4.90 Å². The first kappa shape index (κ1) is 11.7. The molecular weight excluding hydrogens is 224 g/mol. The van der Waals surface area contributed by atoms with Crippen molar-refractivity contribution in [3.63, 3.8) is 0 Å². The van der Waals surface area contributed by atoms with Gasteiger partial charge in [0.05, 0.1) is 5.71 Å². The minimum Gasteiger partial charge on any atom is -0.376 e. The van der Waals surface area contributed by atoms with Crippen LogP contribution in [0.1, 0.15) is 31.7 Å². The second-order valence-electron chi connectivity index (χ2n) is 5.32. The van der Waals surface area contributed by atoms with Crippen molar-refractivity contribution in [2.45, 2.75) is 32.4 Å². The topological polar surface area (TPSA) is 24.8 Å². The fourth-order valence-corrected chi connectivity index (χ4v) is 2.89. The molecule has 18 heavy (non-hydrogen) atoms. The van der Waals surface area contributed by atoms with Gasteiger partial charge >= 0.3 is 0 Å². The molecule has 0 unspecified atom stereocenters. The van der Waals surface area contributed by atoms with E-state index in [4.69, 9.17) is 4.84 Å². The quantitative estimate of drug-likeness (QED) is 0.799. The Labute approximate surface area is 108 Å². The van der Waals surface area contributed by atoms with Crippen LogP contribution in [0, 0.1) is 5.92 Å². The molecule has 2 aliphatic heterocycles. The van der Waals surface area contributed by atoms with Gasteiger partial charge in [0.2, 0.25) is 0 Å². The number of nitrogens with zero attached hydrogens (tertiary/aromatic N) is 2. The van der Waals surface area contributed by atoms with Gasteiger partial charge in [0.15, 0.2) is 6.23 Å². The van der Waals surface area contributed by atoms with E-state index in [0.717, 1.165) is 25.2 Å². The predicted molar refractivity (Wildman–Crippen MR) is 72.4 cm³/mol. The van der Waals surface area contributed by atoms with E-state index in [1.807, 2.05) is 6.07 Å². The molecule has 0 bridgehead atoms. The van der Waals surface area contributed by atoms with Crippen molar-refractivity contribution in [2.75, 3.05) is 13.1 Å². The highest BCUT2D eigenvalue weighted by molar-refractivity contribution is 6.00. The van der Waals surface area contributed by atoms with E-state index in [-0.39, 0.29) is 6.23 Å². The van der Waals surface area contributed by atoms with Crippen molar-refractivity contribution in [2.24, 2.45) is 11.1 Å². The lowest BCUT2D eigenvalue weighted by molar-refractivity contribution is -0.0868. The highest BCUT2D eigenvalue weighted by atomic mass is 16.7. The minimum atomic E-state index is 0.181. The van der Waals surface area contributed by atoms with Gasteiger partial charge in [-0.1, -0.05) is 42.4 Å². The number of rotatable bonds is 2. The molecule has 1 fully saturated rings. The summed E-state index contributed by atoms with van der Waals surface area (Å²) in [7, 11) is 0. The summed E-state index contributed by atoms with van der Waals surface area (Å²) < 4.78 is 0. The van der Waals surface area contributed by atoms with Crippen molar-refractivity contribution in [1.82, 2.24) is 4.90 Å². The Morgan fingerprint density at radius 2 is 1.89 bits per heavy atom. The van der Waals surface area contributed by atoms with Crippen LogP contribution in [0.25, 0.3) is 0 Å². The maximum Gasteiger partial charge on any atom is 0.184 e. The first-order chi connectivity index (χ1) is 8.84. The Bertz CT molecular complexity index is 423. The van der Waals surface area contributed by atoms with Gasteiger partial charge in [-0.2, -0.15) is 0 Å². The lowest BCUT2D eigenvalue weighted by Gasteiger charge is -2.33. The highest BCUT2D eigenvalue weighted by Gasteiger charge is 2.32. The monoisotopic (exact) mass is 244 g/mol. The van der Waals surface area contributed by atoms with Gasteiger partial charge in [-0.05, 0) is 18.4 Å². The minimum absolute atomic E-state index is 0.181. The van der Waals surface area contributed by atoms with E-state index in [9.17, 15) is 0 Å². The van der Waals surface area contributed by atoms with Crippen LogP contribution in [0.4, 0.5) is 0 Å². The van der Waals surface area contributed by atoms with Crippen LogP contribution in [0.5, 0.6) is 0 Å². The molecular formula is C15H20N2O. The maximum atomic E-state index is 5.76. The average Bonchev–Trinajstić information content (AvgIpc) is 2.93. The van der Waals surface area contributed by atoms with Crippen molar-refractivity contribution in [3.8, 4) is 0 Å². The van der Waals surface area contributed by atoms with Gasteiger partial charge < -0.3 is 4.84 Å². The smallest absolute Gasteiger partial charge is 0.184 e. The van der Waals surface area contributed by atoms with E-state index in [1.54, 1.807) is 0 Å². The molecule has 0 radical (unpaired) electrons. The summed E-state index contributed by atoms with van der Waals surface area (Å²) in [6.07, 6.45) is 3.77. The van der Waals surface area contributed by atoms with E-state index >= 15 is 0 Å². The number of hydrogen-bond acceptors (Lipinski definition) is 3. The fraction of sp³-hybridized carbons (Fsp3) is 0.533. The molecule has 0 aromatic heterocycles. The van der Waals surface area contributed by atoms with Crippen molar-refractivity contribution in [3.05, 3.63) is 35.9 Å². The van der Waals surface area contributed by atoms with E-state index in [2.05, 4.69) is 41.2 Å². The second kappa shape index (κ2) is 5.11.